The van der Waals surface area contributed by atoms with Gasteiger partial charge < -0.3 is 14.9 Å². The van der Waals surface area contributed by atoms with Crippen molar-refractivity contribution in [1.82, 2.24) is 0 Å². The largest absolute Gasteiger partial charge is 0.508 e. The van der Waals surface area contributed by atoms with Crippen molar-refractivity contribution in [1.29, 1.82) is 0 Å². The van der Waals surface area contributed by atoms with Crippen LogP contribution in [0.25, 0.3) is 0 Å². The molecule has 1 aromatic rings. The predicted octanol–water partition coefficient (Wildman–Crippen LogP) is 0.930. The lowest BCUT2D eigenvalue weighted by Gasteiger charge is -2.06. The van der Waals surface area contributed by atoms with E-state index in [4.69, 9.17) is 14.9 Å². The summed E-state index contributed by atoms with van der Waals surface area (Å²) in [7, 11) is 0. The molecular formula is C10H12O4. The maximum absolute atomic E-state index is 11.2. The summed E-state index contributed by atoms with van der Waals surface area (Å²) in [4.78, 5) is 11.2. The number of benzene rings is 1. The summed E-state index contributed by atoms with van der Waals surface area (Å²) < 4.78 is 4.76. The van der Waals surface area contributed by atoms with Crippen LogP contribution in [0.4, 0.5) is 0 Å². The molecule has 0 bridgehead atoms. The highest BCUT2D eigenvalue weighted by Gasteiger charge is 2.07. The molecule has 1 aromatic carbocycles. The first kappa shape index (κ1) is 10.5. The van der Waals surface area contributed by atoms with Crippen molar-refractivity contribution in [2.24, 2.45) is 0 Å². The third-order valence-electron chi connectivity index (χ3n) is 1.56. The van der Waals surface area contributed by atoms with Crippen molar-refractivity contribution in [3.05, 3.63) is 29.8 Å². The van der Waals surface area contributed by atoms with Crippen LogP contribution in [0.2, 0.25) is 0 Å². The first-order valence-corrected chi connectivity index (χ1v) is 4.24. The predicted molar refractivity (Wildman–Crippen MR) is 50.1 cm³/mol. The average molecular weight is 196 g/mol. The molecule has 0 aliphatic rings. The molecule has 0 aromatic heterocycles. The molecule has 0 aliphatic carbocycles. The standard InChI is InChI=1S/C10H12O4/c1-7(11)6-14-10(13)8-2-4-9(12)5-3-8/h2-5,7,11-12H,6H2,1H3. The van der Waals surface area contributed by atoms with E-state index in [1.54, 1.807) is 0 Å². The van der Waals surface area contributed by atoms with Gasteiger partial charge in [-0.1, -0.05) is 0 Å². The normalized spacial score (nSPS) is 12.1. The highest BCUT2D eigenvalue weighted by Crippen LogP contribution is 2.10. The van der Waals surface area contributed by atoms with Gasteiger partial charge in [-0.05, 0) is 31.2 Å². The van der Waals surface area contributed by atoms with Crippen molar-refractivity contribution in [2.45, 2.75) is 13.0 Å². The van der Waals surface area contributed by atoms with Crippen LogP contribution in [-0.2, 0) is 4.74 Å². The highest BCUT2D eigenvalue weighted by molar-refractivity contribution is 5.89. The number of hydrogen-bond acceptors (Lipinski definition) is 4. The molecule has 2 N–H and O–H groups in total. The van der Waals surface area contributed by atoms with Crippen LogP contribution in [-0.4, -0.2) is 28.9 Å². The van der Waals surface area contributed by atoms with Crippen molar-refractivity contribution < 1.29 is 19.7 Å². The van der Waals surface area contributed by atoms with Crippen LogP contribution >= 0.6 is 0 Å². The molecule has 0 radical (unpaired) electrons. The van der Waals surface area contributed by atoms with Crippen LogP contribution in [0.3, 0.4) is 0 Å². The number of aliphatic hydroxyl groups is 1. The fourth-order valence-corrected chi connectivity index (χ4v) is 0.877. The first-order valence-electron chi connectivity index (χ1n) is 4.24. The van der Waals surface area contributed by atoms with E-state index < -0.39 is 12.1 Å². The quantitative estimate of drug-likeness (QED) is 0.706. The van der Waals surface area contributed by atoms with E-state index >= 15 is 0 Å². The van der Waals surface area contributed by atoms with Crippen LogP contribution in [0.1, 0.15) is 17.3 Å². The van der Waals surface area contributed by atoms with Gasteiger partial charge in [-0.25, -0.2) is 4.79 Å². The number of ether oxygens (including phenoxy) is 1. The number of carbonyl (C=O) groups excluding carboxylic acids is 1. The summed E-state index contributed by atoms with van der Waals surface area (Å²) in [5, 5.41) is 17.8. The fourth-order valence-electron chi connectivity index (χ4n) is 0.877. The van der Waals surface area contributed by atoms with Gasteiger partial charge in [0.15, 0.2) is 0 Å². The van der Waals surface area contributed by atoms with Crippen molar-refractivity contribution >= 4 is 5.97 Å². The van der Waals surface area contributed by atoms with Gasteiger partial charge in [0.05, 0.1) is 11.7 Å². The van der Waals surface area contributed by atoms with Crippen LogP contribution < -0.4 is 0 Å². The minimum absolute atomic E-state index is 0.0281. The Kier molecular flexibility index (Phi) is 3.48. The molecule has 1 unspecified atom stereocenters. The molecule has 0 saturated heterocycles. The SMILES string of the molecule is CC(O)COC(=O)c1ccc(O)cc1. The number of aliphatic hydroxyl groups excluding tert-OH is 1. The Labute approximate surface area is 81.8 Å². The van der Waals surface area contributed by atoms with E-state index in [0.717, 1.165) is 0 Å². The number of carbonyl (C=O) groups is 1. The summed E-state index contributed by atoms with van der Waals surface area (Å²) in [5.41, 5.74) is 0.350. The lowest BCUT2D eigenvalue weighted by atomic mass is 10.2. The number of rotatable bonds is 3. The number of aromatic hydroxyl groups is 1. The second kappa shape index (κ2) is 4.62. The van der Waals surface area contributed by atoms with Gasteiger partial charge in [0.25, 0.3) is 0 Å². The summed E-state index contributed by atoms with van der Waals surface area (Å²) in [6.45, 7) is 1.50. The minimum Gasteiger partial charge on any atom is -0.508 e. The van der Waals surface area contributed by atoms with Gasteiger partial charge in [0.1, 0.15) is 12.4 Å². The maximum atomic E-state index is 11.2. The smallest absolute Gasteiger partial charge is 0.338 e. The maximum Gasteiger partial charge on any atom is 0.338 e. The van der Waals surface area contributed by atoms with E-state index in [0.29, 0.717) is 5.56 Å². The molecule has 0 spiro atoms. The summed E-state index contributed by atoms with van der Waals surface area (Å²) in [6.07, 6.45) is -0.670. The Morgan fingerprint density at radius 3 is 2.50 bits per heavy atom. The Balaban J connectivity index is 2.57. The van der Waals surface area contributed by atoms with Gasteiger partial charge in [0.2, 0.25) is 0 Å². The zero-order valence-corrected chi connectivity index (χ0v) is 7.80. The Hall–Kier alpha value is -1.55. The molecule has 0 amide bonds. The molecule has 0 saturated carbocycles. The third-order valence-corrected chi connectivity index (χ3v) is 1.56. The molecule has 4 nitrogen and oxygen atoms in total. The third kappa shape index (κ3) is 3.06. The van der Waals surface area contributed by atoms with E-state index in [9.17, 15) is 4.79 Å². The molecule has 76 valence electrons. The Morgan fingerprint density at radius 2 is 2.00 bits per heavy atom. The first-order chi connectivity index (χ1) is 6.59. The van der Waals surface area contributed by atoms with E-state index in [2.05, 4.69) is 0 Å². The topological polar surface area (TPSA) is 66.8 Å². The summed E-state index contributed by atoms with van der Waals surface area (Å²) in [5.74, 6) is -0.414. The van der Waals surface area contributed by atoms with Gasteiger partial charge in [-0.15, -0.1) is 0 Å². The second-order valence-electron chi connectivity index (χ2n) is 2.99. The number of phenols is 1. The summed E-state index contributed by atoms with van der Waals surface area (Å²) >= 11 is 0. The molecular weight excluding hydrogens is 184 g/mol. The van der Waals surface area contributed by atoms with Crippen molar-refractivity contribution in [2.75, 3.05) is 6.61 Å². The average Bonchev–Trinajstić information content (AvgIpc) is 2.15. The molecule has 1 rings (SSSR count). The monoisotopic (exact) mass is 196 g/mol. The van der Waals surface area contributed by atoms with Gasteiger partial charge in [-0.3, -0.25) is 0 Å². The van der Waals surface area contributed by atoms with E-state index in [1.807, 2.05) is 0 Å². The van der Waals surface area contributed by atoms with Gasteiger partial charge >= 0.3 is 5.97 Å². The number of esters is 1. The second-order valence-corrected chi connectivity index (χ2v) is 2.99. The van der Waals surface area contributed by atoms with Gasteiger partial charge in [0, 0.05) is 0 Å². The minimum atomic E-state index is -0.670. The Bertz CT molecular complexity index is 302. The lowest BCUT2D eigenvalue weighted by molar-refractivity contribution is 0.0296. The fraction of sp³-hybridized carbons (Fsp3) is 0.300. The lowest BCUT2D eigenvalue weighted by Crippen LogP contribution is -2.15. The van der Waals surface area contributed by atoms with Crippen LogP contribution in [0, 0.1) is 0 Å². The van der Waals surface area contributed by atoms with Crippen molar-refractivity contribution in [3.8, 4) is 5.75 Å². The Morgan fingerprint density at radius 1 is 1.43 bits per heavy atom. The van der Waals surface area contributed by atoms with E-state index in [1.165, 1.54) is 31.2 Å². The zero-order valence-electron chi connectivity index (χ0n) is 7.80. The molecule has 14 heavy (non-hydrogen) atoms. The zero-order chi connectivity index (χ0) is 10.6. The van der Waals surface area contributed by atoms with Crippen LogP contribution in [0.5, 0.6) is 5.75 Å². The van der Waals surface area contributed by atoms with Gasteiger partial charge in [-0.2, -0.15) is 0 Å². The van der Waals surface area contributed by atoms with Crippen molar-refractivity contribution in [3.63, 3.8) is 0 Å². The number of hydrogen-bond donors (Lipinski definition) is 2. The van der Waals surface area contributed by atoms with Crippen LogP contribution in [0.15, 0.2) is 24.3 Å². The molecule has 0 aliphatic heterocycles. The molecule has 1 atom stereocenters. The highest BCUT2D eigenvalue weighted by atomic mass is 16.5. The van der Waals surface area contributed by atoms with E-state index in [-0.39, 0.29) is 12.4 Å². The number of phenolic OH excluding ortho intramolecular Hbond substituents is 1. The summed E-state index contributed by atoms with van der Waals surface area (Å²) in [6, 6.07) is 5.72. The molecule has 4 heteroatoms. The molecule has 0 heterocycles. The molecule has 0 fully saturated rings.